The summed E-state index contributed by atoms with van der Waals surface area (Å²) in [7, 11) is -2.65. The lowest BCUT2D eigenvalue weighted by atomic mass is 9.91. The number of hydrogen-bond acceptors (Lipinski definition) is 5. The molecule has 2 aromatic rings. The molecule has 180 valence electrons. The zero-order valence-electron chi connectivity index (χ0n) is 18.6. The van der Waals surface area contributed by atoms with Crippen molar-refractivity contribution in [3.05, 3.63) is 36.3 Å². The summed E-state index contributed by atoms with van der Waals surface area (Å²) in [5.74, 6) is 3.00. The van der Waals surface area contributed by atoms with Gasteiger partial charge in [0.2, 0.25) is 0 Å². The van der Waals surface area contributed by atoms with Crippen molar-refractivity contribution in [2.75, 3.05) is 24.6 Å². The van der Waals surface area contributed by atoms with Crippen molar-refractivity contribution in [2.24, 2.45) is 17.3 Å². The Hall–Kier alpha value is -1.94. The zero-order chi connectivity index (χ0) is 23.4. The second-order valence-electron chi connectivity index (χ2n) is 10.2. The highest BCUT2D eigenvalue weighted by Crippen LogP contribution is 2.54. The Kier molecular flexibility index (Phi) is 5.59. The molecule has 4 heterocycles. The molecule has 10 heteroatoms. The molecule has 33 heavy (non-hydrogen) atoms. The minimum absolute atomic E-state index is 0.172. The highest BCUT2D eigenvalue weighted by molar-refractivity contribution is 7.92. The van der Waals surface area contributed by atoms with Gasteiger partial charge in [0.05, 0.1) is 22.8 Å². The Labute approximate surface area is 192 Å². The smallest absolute Gasteiger partial charge is 0.300 e. The molecule has 0 bridgehead atoms. The molecule has 1 unspecified atom stereocenters. The van der Waals surface area contributed by atoms with E-state index < -0.39 is 21.6 Å². The van der Waals surface area contributed by atoms with Crippen LogP contribution in [0.25, 0.3) is 11.3 Å². The van der Waals surface area contributed by atoms with Gasteiger partial charge >= 0.3 is 6.18 Å². The number of halogens is 3. The largest absolute Gasteiger partial charge is 0.417 e. The Bertz CT molecular complexity index is 1110. The number of sulfone groups is 1. The van der Waals surface area contributed by atoms with Gasteiger partial charge in [0.15, 0.2) is 9.84 Å². The van der Waals surface area contributed by atoms with Crippen LogP contribution in [0.3, 0.4) is 0 Å². The zero-order valence-corrected chi connectivity index (χ0v) is 19.4. The number of aromatic nitrogens is 3. The molecule has 2 aliphatic carbocycles. The molecule has 2 saturated heterocycles. The second-order valence-corrected chi connectivity index (χ2v) is 12.2. The monoisotopic (exact) mass is 482 g/mol. The molecule has 4 fully saturated rings. The van der Waals surface area contributed by atoms with Gasteiger partial charge in [-0.15, -0.1) is 0 Å². The van der Waals surface area contributed by atoms with Crippen molar-refractivity contribution in [3.8, 4) is 11.3 Å². The molecule has 0 aromatic carbocycles. The fraction of sp³-hybridized carbons (Fsp3) is 0.652. The maximum Gasteiger partial charge on any atom is 0.417 e. The topological polar surface area (TPSA) is 68.1 Å². The summed E-state index contributed by atoms with van der Waals surface area (Å²) >= 11 is 0. The third kappa shape index (κ3) is 4.82. The van der Waals surface area contributed by atoms with E-state index in [1.807, 2.05) is 6.92 Å². The predicted octanol–water partition coefficient (Wildman–Crippen LogP) is 3.89. The Morgan fingerprint density at radius 2 is 1.88 bits per heavy atom. The first-order valence-corrected chi connectivity index (χ1v) is 13.4. The molecule has 2 aliphatic heterocycles. The van der Waals surface area contributed by atoms with Gasteiger partial charge in [0.1, 0.15) is 0 Å². The minimum atomic E-state index is -4.38. The van der Waals surface area contributed by atoms with Crippen molar-refractivity contribution in [3.63, 3.8) is 0 Å². The molecule has 0 radical (unpaired) electrons. The van der Waals surface area contributed by atoms with Crippen molar-refractivity contribution in [1.82, 2.24) is 19.7 Å². The van der Waals surface area contributed by atoms with E-state index in [0.717, 1.165) is 49.7 Å². The summed E-state index contributed by atoms with van der Waals surface area (Å²) < 4.78 is 61.7. The fourth-order valence-corrected chi connectivity index (χ4v) is 8.07. The first-order chi connectivity index (χ1) is 15.6. The van der Waals surface area contributed by atoms with Gasteiger partial charge in [-0.1, -0.05) is 0 Å². The van der Waals surface area contributed by atoms with E-state index in [0.29, 0.717) is 29.3 Å². The lowest BCUT2D eigenvalue weighted by molar-refractivity contribution is -0.137. The standard InChI is InChI=1S/C12H19NO2S.C11H10F3N3/c14-16(15)7-12(8-16)1-2-13(6-12)11-4-9-3-10(9)5-11;1-2-17-4-3-10(16-17)8-5-9(7-15-6-8)11(12,13)14/h9-11H,1-8H2;3-7H,2H2,1H3/t9-,10+,11?;. The third-order valence-electron chi connectivity index (χ3n) is 7.58. The summed E-state index contributed by atoms with van der Waals surface area (Å²) in [6, 6.07) is 3.52. The number of nitrogens with zero attached hydrogens (tertiary/aromatic N) is 4. The molecule has 1 spiro atoms. The van der Waals surface area contributed by atoms with Gasteiger partial charge in [-0.3, -0.25) is 14.6 Å². The predicted molar refractivity (Wildman–Crippen MR) is 118 cm³/mol. The molecule has 0 N–H and O–H groups in total. The number of fused-ring (bicyclic) bond motifs is 1. The summed E-state index contributed by atoms with van der Waals surface area (Å²) in [5, 5.41) is 4.13. The van der Waals surface area contributed by atoms with Gasteiger partial charge in [-0.25, -0.2) is 8.42 Å². The van der Waals surface area contributed by atoms with E-state index in [-0.39, 0.29) is 5.41 Å². The number of alkyl halides is 3. The molecular weight excluding hydrogens is 453 g/mol. The van der Waals surface area contributed by atoms with Crippen LogP contribution >= 0.6 is 0 Å². The number of rotatable bonds is 3. The van der Waals surface area contributed by atoms with Crippen LogP contribution in [0.15, 0.2) is 30.7 Å². The molecule has 6 nitrogen and oxygen atoms in total. The molecule has 6 rings (SSSR count). The summed E-state index contributed by atoms with van der Waals surface area (Å²) in [6.45, 7) is 4.80. The lowest BCUT2D eigenvalue weighted by Crippen LogP contribution is -2.50. The number of hydrogen-bond donors (Lipinski definition) is 0. The maximum atomic E-state index is 12.5. The molecule has 2 saturated carbocycles. The van der Waals surface area contributed by atoms with E-state index in [1.54, 1.807) is 16.9 Å². The van der Waals surface area contributed by atoms with Crippen LogP contribution in [0.1, 0.15) is 38.2 Å². The van der Waals surface area contributed by atoms with Gasteiger partial charge in [-0.2, -0.15) is 18.3 Å². The van der Waals surface area contributed by atoms with E-state index in [9.17, 15) is 21.6 Å². The number of pyridine rings is 1. The molecule has 2 aromatic heterocycles. The normalized spacial score (nSPS) is 29.3. The molecule has 4 aliphatic rings. The van der Waals surface area contributed by atoms with Gasteiger partial charge in [0, 0.05) is 48.7 Å². The second kappa shape index (κ2) is 8.08. The molecular formula is C23H29F3N4O2S. The Balaban J connectivity index is 0.000000138. The van der Waals surface area contributed by atoms with Crippen LogP contribution < -0.4 is 0 Å². The lowest BCUT2D eigenvalue weighted by Gasteiger charge is -2.38. The van der Waals surface area contributed by atoms with Crippen LogP contribution in [-0.4, -0.2) is 58.7 Å². The minimum Gasteiger partial charge on any atom is -0.300 e. The average molecular weight is 483 g/mol. The first-order valence-electron chi connectivity index (χ1n) is 11.6. The van der Waals surface area contributed by atoms with Crippen molar-refractivity contribution < 1.29 is 21.6 Å². The fourth-order valence-electron chi connectivity index (χ4n) is 5.82. The summed E-state index contributed by atoms with van der Waals surface area (Å²) in [6.07, 6.45) is 4.91. The van der Waals surface area contributed by atoms with Crippen LogP contribution in [0.4, 0.5) is 13.2 Å². The number of likely N-dealkylation sites (tertiary alicyclic amines) is 1. The van der Waals surface area contributed by atoms with Gasteiger partial charge in [0.25, 0.3) is 0 Å². The van der Waals surface area contributed by atoms with Crippen LogP contribution in [0.2, 0.25) is 0 Å². The van der Waals surface area contributed by atoms with E-state index in [1.165, 1.54) is 25.5 Å². The highest BCUT2D eigenvalue weighted by atomic mass is 32.2. The van der Waals surface area contributed by atoms with Gasteiger partial charge in [-0.05, 0) is 63.1 Å². The van der Waals surface area contributed by atoms with Crippen LogP contribution in [0, 0.1) is 17.3 Å². The van der Waals surface area contributed by atoms with Gasteiger partial charge < -0.3 is 0 Å². The van der Waals surface area contributed by atoms with Crippen molar-refractivity contribution in [1.29, 1.82) is 0 Å². The third-order valence-corrected chi connectivity index (χ3v) is 9.69. The Morgan fingerprint density at radius 3 is 2.48 bits per heavy atom. The van der Waals surface area contributed by atoms with E-state index >= 15 is 0 Å². The van der Waals surface area contributed by atoms with Crippen molar-refractivity contribution >= 4 is 9.84 Å². The summed E-state index contributed by atoms with van der Waals surface area (Å²) in [4.78, 5) is 6.19. The van der Waals surface area contributed by atoms with Crippen molar-refractivity contribution in [2.45, 2.75) is 51.4 Å². The van der Waals surface area contributed by atoms with E-state index in [2.05, 4.69) is 15.0 Å². The van der Waals surface area contributed by atoms with Crippen LogP contribution in [0.5, 0.6) is 0 Å². The quantitative estimate of drug-likeness (QED) is 0.664. The first kappa shape index (κ1) is 22.8. The Morgan fingerprint density at radius 1 is 1.15 bits per heavy atom. The highest BCUT2D eigenvalue weighted by Gasteiger charge is 2.55. The molecule has 0 amide bonds. The average Bonchev–Trinajstić information content (AvgIpc) is 3.15. The van der Waals surface area contributed by atoms with E-state index in [4.69, 9.17) is 0 Å². The van der Waals surface area contributed by atoms with Crippen LogP contribution in [-0.2, 0) is 22.6 Å². The number of aryl methyl sites for hydroxylation is 1. The molecule has 3 atom stereocenters. The summed E-state index contributed by atoms with van der Waals surface area (Å²) in [5.41, 5.74) is 0.268. The SMILES string of the molecule is CCn1ccc(-c2cncc(C(F)(F)F)c2)n1.O=S1(=O)CC2(CCN(C3C[C@@H]4C[C@@H]4C3)C2)C1. The maximum absolute atomic E-state index is 12.5.